The fourth-order valence-electron chi connectivity index (χ4n) is 2.11. The van der Waals surface area contributed by atoms with Gasteiger partial charge in [-0.25, -0.2) is 0 Å². The van der Waals surface area contributed by atoms with Crippen LogP contribution in [0.1, 0.15) is 29.9 Å². The van der Waals surface area contributed by atoms with E-state index in [1.54, 1.807) is 0 Å². The maximum atomic E-state index is 11.6. The molecular formula is C16H21N3O. The maximum absolute atomic E-state index is 11.6. The first-order chi connectivity index (χ1) is 9.74. The molecule has 0 aliphatic rings. The number of nitrogens with one attached hydrogen (secondary N) is 2. The van der Waals surface area contributed by atoms with Crippen LogP contribution in [0.15, 0.2) is 42.6 Å². The first-order valence-corrected chi connectivity index (χ1v) is 7.00. The number of amides is 1. The highest BCUT2D eigenvalue weighted by atomic mass is 16.1. The van der Waals surface area contributed by atoms with Crippen molar-refractivity contribution >= 4 is 11.6 Å². The Hall–Kier alpha value is -2.23. The minimum absolute atomic E-state index is 0.0288. The van der Waals surface area contributed by atoms with Crippen LogP contribution in [0.25, 0.3) is 0 Å². The molecule has 1 aromatic carbocycles. The molecule has 0 aliphatic carbocycles. The Morgan fingerprint density at radius 2 is 1.90 bits per heavy atom. The number of anilines is 1. The van der Waals surface area contributed by atoms with Crippen LogP contribution in [0.3, 0.4) is 0 Å². The topological polar surface area (TPSA) is 46.1 Å². The molecular weight excluding hydrogens is 250 g/mol. The largest absolute Gasteiger partial charge is 0.379 e. The second-order valence-electron chi connectivity index (χ2n) is 4.58. The average molecular weight is 271 g/mol. The van der Waals surface area contributed by atoms with E-state index in [1.807, 2.05) is 31.2 Å². The van der Waals surface area contributed by atoms with Gasteiger partial charge in [0.1, 0.15) is 0 Å². The van der Waals surface area contributed by atoms with Crippen molar-refractivity contribution in [2.24, 2.45) is 0 Å². The van der Waals surface area contributed by atoms with Gasteiger partial charge in [-0.2, -0.15) is 0 Å². The van der Waals surface area contributed by atoms with Gasteiger partial charge in [0.2, 0.25) is 0 Å². The van der Waals surface area contributed by atoms with Crippen molar-refractivity contribution < 1.29 is 4.79 Å². The van der Waals surface area contributed by atoms with Gasteiger partial charge in [-0.15, -0.1) is 0 Å². The van der Waals surface area contributed by atoms with Gasteiger partial charge in [0, 0.05) is 36.2 Å². The Balaban J connectivity index is 1.95. The highest BCUT2D eigenvalue weighted by Gasteiger charge is 2.04. The fraction of sp³-hybridized carbons (Fsp3) is 0.312. The summed E-state index contributed by atoms with van der Waals surface area (Å²) in [5.41, 5.74) is 2.96. The van der Waals surface area contributed by atoms with Crippen molar-refractivity contribution in [1.82, 2.24) is 9.88 Å². The van der Waals surface area contributed by atoms with E-state index in [4.69, 9.17) is 0 Å². The summed E-state index contributed by atoms with van der Waals surface area (Å²) < 4.78 is 2.20. The first-order valence-electron chi connectivity index (χ1n) is 7.00. The third-order valence-corrected chi connectivity index (χ3v) is 3.22. The van der Waals surface area contributed by atoms with E-state index in [-0.39, 0.29) is 5.91 Å². The Kier molecular flexibility index (Phi) is 4.82. The minimum Gasteiger partial charge on any atom is -0.379 e. The van der Waals surface area contributed by atoms with E-state index >= 15 is 0 Å². The van der Waals surface area contributed by atoms with Crippen molar-refractivity contribution in [3.8, 4) is 0 Å². The predicted octanol–water partition coefficient (Wildman–Crippen LogP) is 2.87. The predicted molar refractivity (Wildman–Crippen MR) is 81.9 cm³/mol. The van der Waals surface area contributed by atoms with E-state index in [0.29, 0.717) is 12.1 Å². The van der Waals surface area contributed by atoms with Gasteiger partial charge in [-0.1, -0.05) is 0 Å². The highest BCUT2D eigenvalue weighted by molar-refractivity contribution is 5.94. The summed E-state index contributed by atoms with van der Waals surface area (Å²) in [4.78, 5) is 11.6. The lowest BCUT2D eigenvalue weighted by molar-refractivity contribution is 0.0956. The molecule has 0 aliphatic heterocycles. The number of hydrogen-bond donors (Lipinski definition) is 2. The second kappa shape index (κ2) is 6.80. The summed E-state index contributed by atoms with van der Waals surface area (Å²) in [5.74, 6) is -0.0288. The van der Waals surface area contributed by atoms with E-state index in [1.165, 1.54) is 5.69 Å². The van der Waals surface area contributed by atoms with Gasteiger partial charge in [-0.3, -0.25) is 4.79 Å². The van der Waals surface area contributed by atoms with Crippen LogP contribution >= 0.6 is 0 Å². The number of carbonyl (C=O) groups is 1. The third-order valence-electron chi connectivity index (χ3n) is 3.22. The normalized spacial score (nSPS) is 10.3. The summed E-state index contributed by atoms with van der Waals surface area (Å²) >= 11 is 0. The van der Waals surface area contributed by atoms with Gasteiger partial charge in [0.05, 0.1) is 6.54 Å². The zero-order valence-corrected chi connectivity index (χ0v) is 12.0. The molecule has 1 amide bonds. The first kappa shape index (κ1) is 14.2. The number of hydrogen-bond acceptors (Lipinski definition) is 2. The van der Waals surface area contributed by atoms with Crippen LogP contribution in [0.4, 0.5) is 5.69 Å². The van der Waals surface area contributed by atoms with Crippen molar-refractivity contribution in [1.29, 1.82) is 0 Å². The molecule has 2 rings (SSSR count). The molecule has 4 nitrogen and oxygen atoms in total. The number of aromatic nitrogens is 1. The zero-order valence-electron chi connectivity index (χ0n) is 12.0. The Morgan fingerprint density at radius 1 is 1.15 bits per heavy atom. The van der Waals surface area contributed by atoms with Crippen LogP contribution < -0.4 is 10.6 Å². The number of carbonyl (C=O) groups excluding carboxylic acids is 1. The van der Waals surface area contributed by atoms with Gasteiger partial charge in [0.25, 0.3) is 5.91 Å². The van der Waals surface area contributed by atoms with Crippen LogP contribution in [0.2, 0.25) is 0 Å². The van der Waals surface area contributed by atoms with Gasteiger partial charge in [0.15, 0.2) is 0 Å². The van der Waals surface area contributed by atoms with Gasteiger partial charge >= 0.3 is 0 Å². The van der Waals surface area contributed by atoms with E-state index in [9.17, 15) is 4.79 Å². The quantitative estimate of drug-likeness (QED) is 0.848. The molecule has 0 saturated heterocycles. The Morgan fingerprint density at radius 3 is 2.55 bits per heavy atom. The van der Waals surface area contributed by atoms with E-state index in [0.717, 1.165) is 18.8 Å². The smallest absolute Gasteiger partial charge is 0.251 e. The molecule has 1 heterocycles. The summed E-state index contributed by atoms with van der Waals surface area (Å²) in [7, 11) is 0. The van der Waals surface area contributed by atoms with Gasteiger partial charge < -0.3 is 15.2 Å². The molecule has 0 atom stereocenters. The minimum atomic E-state index is -0.0288. The summed E-state index contributed by atoms with van der Waals surface area (Å²) in [6, 6.07) is 11.7. The lowest BCUT2D eigenvalue weighted by Crippen LogP contribution is -2.22. The van der Waals surface area contributed by atoms with E-state index in [2.05, 4.69) is 40.5 Å². The summed E-state index contributed by atoms with van der Waals surface area (Å²) in [6.45, 7) is 6.44. The molecule has 0 fully saturated rings. The molecule has 0 unspecified atom stereocenters. The van der Waals surface area contributed by atoms with Crippen LogP contribution in [-0.4, -0.2) is 17.0 Å². The molecule has 0 saturated carbocycles. The molecule has 0 spiro atoms. The molecule has 2 aromatic rings. The lowest BCUT2D eigenvalue weighted by atomic mass is 10.2. The molecule has 2 N–H and O–H groups in total. The monoisotopic (exact) mass is 271 g/mol. The fourth-order valence-corrected chi connectivity index (χ4v) is 2.11. The second-order valence-corrected chi connectivity index (χ2v) is 4.58. The lowest BCUT2D eigenvalue weighted by Gasteiger charge is -2.10. The van der Waals surface area contributed by atoms with Crippen molar-refractivity contribution in [2.45, 2.75) is 26.9 Å². The zero-order chi connectivity index (χ0) is 14.4. The standard InChI is InChI=1S/C16H21N3O/c1-3-17-16(20)13-7-9-14(10-8-13)18-12-15-6-5-11-19(15)4-2/h5-11,18H,3-4,12H2,1-2H3,(H,17,20). The molecule has 0 radical (unpaired) electrons. The molecule has 20 heavy (non-hydrogen) atoms. The maximum Gasteiger partial charge on any atom is 0.251 e. The van der Waals surface area contributed by atoms with E-state index < -0.39 is 0 Å². The molecule has 0 bridgehead atoms. The Bertz CT molecular complexity index is 557. The van der Waals surface area contributed by atoms with Gasteiger partial charge in [-0.05, 0) is 50.2 Å². The summed E-state index contributed by atoms with van der Waals surface area (Å²) in [5, 5.41) is 6.16. The van der Waals surface area contributed by atoms with Crippen LogP contribution in [0.5, 0.6) is 0 Å². The average Bonchev–Trinajstić information content (AvgIpc) is 2.93. The highest BCUT2D eigenvalue weighted by Crippen LogP contribution is 2.12. The Labute approximate surface area is 119 Å². The number of aryl methyl sites for hydroxylation is 1. The summed E-state index contributed by atoms with van der Waals surface area (Å²) in [6.07, 6.45) is 2.08. The van der Waals surface area contributed by atoms with Crippen LogP contribution in [-0.2, 0) is 13.1 Å². The number of nitrogens with zero attached hydrogens (tertiary/aromatic N) is 1. The number of benzene rings is 1. The van der Waals surface area contributed by atoms with Crippen molar-refractivity contribution in [3.05, 3.63) is 53.9 Å². The number of rotatable bonds is 6. The SMILES string of the molecule is CCNC(=O)c1ccc(NCc2cccn2CC)cc1. The van der Waals surface area contributed by atoms with Crippen molar-refractivity contribution in [2.75, 3.05) is 11.9 Å². The van der Waals surface area contributed by atoms with Crippen LogP contribution in [0, 0.1) is 0 Å². The van der Waals surface area contributed by atoms with Crippen molar-refractivity contribution in [3.63, 3.8) is 0 Å². The molecule has 1 aromatic heterocycles. The third kappa shape index (κ3) is 3.41. The molecule has 106 valence electrons. The molecule has 4 heteroatoms.